The molecule has 0 bridgehead atoms. The number of nitrogens with zero attached hydrogens (tertiary/aromatic N) is 1. The maximum atomic E-state index is 13.1. The number of amides is 2. The highest BCUT2D eigenvalue weighted by molar-refractivity contribution is 6.30. The molecule has 0 aliphatic rings. The predicted molar refractivity (Wildman–Crippen MR) is 121 cm³/mol. The van der Waals surface area contributed by atoms with E-state index in [1.165, 1.54) is 0 Å². The van der Waals surface area contributed by atoms with E-state index in [0.29, 0.717) is 36.2 Å². The lowest BCUT2D eigenvalue weighted by Crippen LogP contribution is -2.50. The van der Waals surface area contributed by atoms with Crippen LogP contribution in [0.25, 0.3) is 0 Å². The van der Waals surface area contributed by atoms with Gasteiger partial charge < -0.3 is 15.0 Å². The zero-order valence-corrected chi connectivity index (χ0v) is 18.9. The van der Waals surface area contributed by atoms with Crippen LogP contribution in [0.5, 0.6) is 5.75 Å². The monoisotopic (exact) mass is 430 g/mol. The number of benzene rings is 2. The van der Waals surface area contributed by atoms with E-state index in [2.05, 4.69) is 5.32 Å². The summed E-state index contributed by atoms with van der Waals surface area (Å²) in [6.45, 7) is 8.77. The molecule has 0 saturated heterocycles. The fourth-order valence-electron chi connectivity index (χ4n) is 3.07. The minimum absolute atomic E-state index is 0.139. The second-order valence-corrected chi connectivity index (χ2v) is 8.19. The Morgan fingerprint density at radius 1 is 1.10 bits per heavy atom. The summed E-state index contributed by atoms with van der Waals surface area (Å²) in [5.74, 6) is 0.514. The van der Waals surface area contributed by atoms with Gasteiger partial charge in [0.2, 0.25) is 5.91 Å². The van der Waals surface area contributed by atoms with Crippen LogP contribution in [-0.4, -0.2) is 35.9 Å². The van der Waals surface area contributed by atoms with Gasteiger partial charge in [-0.2, -0.15) is 0 Å². The number of carbonyl (C=O) groups excluding carboxylic acids is 2. The van der Waals surface area contributed by atoms with Gasteiger partial charge in [-0.05, 0) is 54.7 Å². The van der Waals surface area contributed by atoms with Crippen LogP contribution in [0, 0.1) is 12.8 Å². The smallest absolute Gasteiger partial charge is 0.261 e. The van der Waals surface area contributed by atoms with Crippen molar-refractivity contribution in [2.45, 2.75) is 46.7 Å². The molecule has 0 saturated carbocycles. The Bertz CT molecular complexity index is 837. The third-order valence-corrected chi connectivity index (χ3v) is 5.10. The number of hydrogen-bond donors (Lipinski definition) is 1. The fourth-order valence-corrected chi connectivity index (χ4v) is 3.20. The predicted octanol–water partition coefficient (Wildman–Crippen LogP) is 4.61. The van der Waals surface area contributed by atoms with Crippen molar-refractivity contribution in [2.75, 3.05) is 13.2 Å². The molecule has 5 nitrogen and oxygen atoms in total. The van der Waals surface area contributed by atoms with Gasteiger partial charge in [0.15, 0.2) is 6.61 Å². The van der Waals surface area contributed by atoms with Crippen molar-refractivity contribution in [3.8, 4) is 5.75 Å². The second-order valence-electron chi connectivity index (χ2n) is 7.75. The molecular formula is C24H31ClN2O3. The van der Waals surface area contributed by atoms with E-state index in [-0.39, 0.29) is 18.4 Å². The molecule has 162 valence electrons. The molecule has 2 aromatic rings. The van der Waals surface area contributed by atoms with Crippen molar-refractivity contribution in [2.24, 2.45) is 5.92 Å². The number of carbonyl (C=O) groups is 2. The third-order valence-electron chi connectivity index (χ3n) is 4.85. The average molecular weight is 431 g/mol. The van der Waals surface area contributed by atoms with Gasteiger partial charge in [-0.1, -0.05) is 56.6 Å². The van der Waals surface area contributed by atoms with Gasteiger partial charge in [-0.25, -0.2) is 0 Å². The lowest BCUT2D eigenvalue weighted by atomic mass is 10.1. The average Bonchev–Trinajstić information content (AvgIpc) is 2.72. The van der Waals surface area contributed by atoms with Crippen molar-refractivity contribution in [1.29, 1.82) is 0 Å². The third kappa shape index (κ3) is 7.06. The van der Waals surface area contributed by atoms with E-state index in [4.69, 9.17) is 16.3 Å². The standard InChI is InChI=1S/C24H31ClN2O3/c1-5-22(24(29)26-14-17(2)3)27(15-19-9-7-6-8-18(19)4)23(28)16-30-21-12-10-20(25)11-13-21/h6-13,17,22H,5,14-16H2,1-4H3,(H,26,29). The van der Waals surface area contributed by atoms with Crippen LogP contribution < -0.4 is 10.1 Å². The highest BCUT2D eigenvalue weighted by Gasteiger charge is 2.29. The van der Waals surface area contributed by atoms with Gasteiger partial charge in [-0.3, -0.25) is 9.59 Å². The summed E-state index contributed by atoms with van der Waals surface area (Å²) in [6.07, 6.45) is 0.516. The molecule has 30 heavy (non-hydrogen) atoms. The number of nitrogens with one attached hydrogen (secondary N) is 1. The largest absolute Gasteiger partial charge is 0.484 e. The van der Waals surface area contributed by atoms with Crippen molar-refractivity contribution in [3.05, 3.63) is 64.7 Å². The molecule has 2 aromatic carbocycles. The molecule has 1 unspecified atom stereocenters. The quantitative estimate of drug-likeness (QED) is 0.598. The Labute approximate surface area is 184 Å². The molecule has 2 amide bonds. The van der Waals surface area contributed by atoms with Crippen molar-refractivity contribution in [3.63, 3.8) is 0 Å². The van der Waals surface area contributed by atoms with Crippen LogP contribution in [0.15, 0.2) is 48.5 Å². The van der Waals surface area contributed by atoms with Crippen LogP contribution in [0.3, 0.4) is 0 Å². The summed E-state index contributed by atoms with van der Waals surface area (Å²) >= 11 is 5.90. The molecule has 0 heterocycles. The summed E-state index contributed by atoms with van der Waals surface area (Å²) < 4.78 is 5.66. The van der Waals surface area contributed by atoms with Crippen molar-refractivity contribution in [1.82, 2.24) is 10.2 Å². The highest BCUT2D eigenvalue weighted by atomic mass is 35.5. The van der Waals surface area contributed by atoms with Crippen LogP contribution in [-0.2, 0) is 16.1 Å². The minimum Gasteiger partial charge on any atom is -0.484 e. The normalized spacial score (nSPS) is 11.8. The van der Waals surface area contributed by atoms with Gasteiger partial charge in [0, 0.05) is 18.1 Å². The van der Waals surface area contributed by atoms with Crippen LogP contribution in [0.1, 0.15) is 38.3 Å². The lowest BCUT2D eigenvalue weighted by Gasteiger charge is -2.31. The van der Waals surface area contributed by atoms with E-state index >= 15 is 0 Å². The first-order chi connectivity index (χ1) is 14.3. The van der Waals surface area contributed by atoms with Gasteiger partial charge in [0.1, 0.15) is 11.8 Å². The molecule has 0 aromatic heterocycles. The molecule has 0 aliphatic carbocycles. The molecule has 0 spiro atoms. The maximum Gasteiger partial charge on any atom is 0.261 e. The van der Waals surface area contributed by atoms with E-state index in [9.17, 15) is 9.59 Å². The Balaban J connectivity index is 2.19. The topological polar surface area (TPSA) is 58.6 Å². The summed E-state index contributed by atoms with van der Waals surface area (Å²) in [4.78, 5) is 27.6. The second kappa shape index (κ2) is 11.6. The molecule has 0 radical (unpaired) electrons. The van der Waals surface area contributed by atoms with Gasteiger partial charge in [-0.15, -0.1) is 0 Å². The van der Waals surface area contributed by atoms with Gasteiger partial charge in [0.25, 0.3) is 5.91 Å². The summed E-state index contributed by atoms with van der Waals surface area (Å²) in [5.41, 5.74) is 2.08. The van der Waals surface area contributed by atoms with Crippen LogP contribution >= 0.6 is 11.6 Å². The Kier molecular flexibility index (Phi) is 9.18. The lowest BCUT2D eigenvalue weighted by molar-refractivity contribution is -0.143. The van der Waals surface area contributed by atoms with E-state index in [0.717, 1.165) is 11.1 Å². The number of aryl methyl sites for hydroxylation is 1. The first-order valence-corrected chi connectivity index (χ1v) is 10.7. The van der Waals surface area contributed by atoms with E-state index in [1.54, 1.807) is 29.2 Å². The molecule has 2 rings (SSSR count). The molecule has 6 heteroatoms. The minimum atomic E-state index is -0.565. The SMILES string of the molecule is CCC(C(=O)NCC(C)C)N(Cc1ccccc1C)C(=O)COc1ccc(Cl)cc1. The molecule has 0 fully saturated rings. The van der Waals surface area contributed by atoms with Crippen molar-refractivity contribution < 1.29 is 14.3 Å². The number of ether oxygens (including phenoxy) is 1. The summed E-state index contributed by atoms with van der Waals surface area (Å²) in [6, 6.07) is 14.2. The van der Waals surface area contributed by atoms with E-state index < -0.39 is 6.04 Å². The van der Waals surface area contributed by atoms with Gasteiger partial charge >= 0.3 is 0 Å². The maximum absolute atomic E-state index is 13.1. The Morgan fingerprint density at radius 3 is 2.37 bits per heavy atom. The first kappa shape index (κ1) is 23.7. The Hall–Kier alpha value is -2.53. The van der Waals surface area contributed by atoms with Crippen LogP contribution in [0.2, 0.25) is 5.02 Å². The molecular weight excluding hydrogens is 400 g/mol. The Morgan fingerprint density at radius 2 is 1.77 bits per heavy atom. The van der Waals surface area contributed by atoms with Gasteiger partial charge in [0.05, 0.1) is 0 Å². The zero-order valence-electron chi connectivity index (χ0n) is 18.2. The fraction of sp³-hybridized carbons (Fsp3) is 0.417. The molecule has 1 N–H and O–H groups in total. The summed E-state index contributed by atoms with van der Waals surface area (Å²) in [7, 11) is 0. The summed E-state index contributed by atoms with van der Waals surface area (Å²) in [5, 5.41) is 3.56. The molecule has 1 atom stereocenters. The number of rotatable bonds is 10. The highest BCUT2D eigenvalue weighted by Crippen LogP contribution is 2.18. The van der Waals surface area contributed by atoms with E-state index in [1.807, 2.05) is 52.0 Å². The molecule has 0 aliphatic heterocycles. The van der Waals surface area contributed by atoms with Crippen LogP contribution in [0.4, 0.5) is 0 Å². The number of hydrogen-bond acceptors (Lipinski definition) is 3. The first-order valence-electron chi connectivity index (χ1n) is 10.3. The number of halogens is 1. The zero-order chi connectivity index (χ0) is 22.1. The van der Waals surface area contributed by atoms with Crippen molar-refractivity contribution >= 4 is 23.4 Å².